The largest absolute Gasteiger partial charge is 0.349 e. The van der Waals surface area contributed by atoms with Gasteiger partial charge in [-0.3, -0.25) is 9.59 Å². The Bertz CT molecular complexity index is 1020. The number of nitrogens with one attached hydrogen (secondary N) is 1. The minimum absolute atomic E-state index is 0.0137. The number of halogens is 2. The third kappa shape index (κ3) is 6.81. The summed E-state index contributed by atoms with van der Waals surface area (Å²) in [5.74, 6) is 0.129. The van der Waals surface area contributed by atoms with E-state index in [4.69, 9.17) is 23.2 Å². The summed E-state index contributed by atoms with van der Waals surface area (Å²) in [6, 6.07) is 15.8. The number of piperidine rings is 1. The van der Waals surface area contributed by atoms with E-state index in [-0.39, 0.29) is 17.9 Å². The molecule has 0 spiro atoms. The predicted molar refractivity (Wildman–Crippen MR) is 149 cm³/mol. The molecule has 2 atom stereocenters. The Labute approximate surface area is 226 Å². The topological polar surface area (TPSA) is 52.7 Å². The Hall–Kier alpha value is -2.08. The van der Waals surface area contributed by atoms with Gasteiger partial charge in [-0.15, -0.1) is 0 Å². The van der Waals surface area contributed by atoms with Gasteiger partial charge < -0.3 is 15.1 Å². The summed E-state index contributed by atoms with van der Waals surface area (Å²) in [6.45, 7) is 11.1. The molecule has 1 aliphatic heterocycles. The monoisotopic (exact) mass is 531 g/mol. The van der Waals surface area contributed by atoms with Gasteiger partial charge in [-0.1, -0.05) is 66.5 Å². The van der Waals surface area contributed by atoms with Crippen LogP contribution in [0, 0.1) is 0 Å². The molecule has 1 saturated heterocycles. The van der Waals surface area contributed by atoms with Crippen molar-refractivity contribution < 1.29 is 9.59 Å². The van der Waals surface area contributed by atoms with Crippen molar-refractivity contribution in [2.75, 3.05) is 26.2 Å². The van der Waals surface area contributed by atoms with E-state index in [0.717, 1.165) is 56.6 Å². The fraction of sp³-hybridized carbons (Fsp3) is 0.517. The fourth-order valence-corrected chi connectivity index (χ4v) is 5.52. The molecular weight excluding hydrogens is 493 g/mol. The van der Waals surface area contributed by atoms with Crippen LogP contribution in [0.3, 0.4) is 0 Å². The minimum atomic E-state index is -0.776. The van der Waals surface area contributed by atoms with Crippen molar-refractivity contribution in [1.82, 2.24) is 15.1 Å². The van der Waals surface area contributed by atoms with Crippen molar-refractivity contribution >= 4 is 35.0 Å². The maximum atomic E-state index is 13.9. The number of hydrogen-bond donors (Lipinski definition) is 1. The highest BCUT2D eigenvalue weighted by Gasteiger charge is 2.37. The van der Waals surface area contributed by atoms with Crippen LogP contribution in [0.4, 0.5) is 0 Å². The first-order valence-corrected chi connectivity index (χ1v) is 13.8. The van der Waals surface area contributed by atoms with Crippen molar-refractivity contribution in [1.29, 1.82) is 0 Å². The minimum Gasteiger partial charge on any atom is -0.349 e. The molecule has 0 saturated carbocycles. The number of nitrogens with zero attached hydrogens (tertiary/aromatic N) is 2. The Balaban J connectivity index is 1.76. The molecule has 2 aromatic carbocycles. The summed E-state index contributed by atoms with van der Waals surface area (Å²) in [7, 11) is 0. The summed E-state index contributed by atoms with van der Waals surface area (Å²) >= 11 is 12.6. The molecule has 196 valence electrons. The standard InChI is InChI=1S/C29H39Cl2N3O2/c1-5-27(22-10-8-7-9-11-22)32-28(36)29(4,23-12-13-25(30)26(31)20-23)16-19-33-17-14-24(15-18-33)34(6-2)21(3)35/h7-13,20,24,27H,5-6,14-19H2,1-4H3,(H,32,36)/t27-,29?/m1/s1. The van der Waals surface area contributed by atoms with E-state index in [0.29, 0.717) is 22.5 Å². The van der Waals surface area contributed by atoms with Gasteiger partial charge in [-0.05, 0) is 69.3 Å². The van der Waals surface area contributed by atoms with Crippen molar-refractivity contribution in [3.63, 3.8) is 0 Å². The zero-order chi connectivity index (χ0) is 26.3. The molecule has 1 N–H and O–H groups in total. The van der Waals surface area contributed by atoms with Crippen molar-refractivity contribution in [3.05, 3.63) is 69.7 Å². The first-order chi connectivity index (χ1) is 17.2. The summed E-state index contributed by atoms with van der Waals surface area (Å²) in [4.78, 5) is 30.2. The van der Waals surface area contributed by atoms with Crippen molar-refractivity contribution in [3.8, 4) is 0 Å². The van der Waals surface area contributed by atoms with Crippen LogP contribution >= 0.6 is 23.2 Å². The molecule has 36 heavy (non-hydrogen) atoms. The van der Waals surface area contributed by atoms with E-state index < -0.39 is 5.41 Å². The lowest BCUT2D eigenvalue weighted by atomic mass is 9.77. The maximum Gasteiger partial charge on any atom is 0.230 e. The Kier molecular flexibility index (Phi) is 10.2. The first kappa shape index (κ1) is 28.5. The molecule has 0 bridgehead atoms. The maximum absolute atomic E-state index is 13.9. The summed E-state index contributed by atoms with van der Waals surface area (Å²) in [5.41, 5.74) is 1.18. The summed E-state index contributed by atoms with van der Waals surface area (Å²) < 4.78 is 0. The number of likely N-dealkylation sites (tertiary alicyclic amines) is 1. The van der Waals surface area contributed by atoms with Crippen LogP contribution in [-0.4, -0.2) is 53.8 Å². The molecule has 1 fully saturated rings. The molecule has 5 nitrogen and oxygen atoms in total. The fourth-order valence-electron chi connectivity index (χ4n) is 5.23. The molecule has 1 aliphatic rings. The number of carbonyl (C=O) groups is 2. The van der Waals surface area contributed by atoms with Crippen LogP contribution in [-0.2, 0) is 15.0 Å². The zero-order valence-corrected chi connectivity index (χ0v) is 23.4. The highest BCUT2D eigenvalue weighted by atomic mass is 35.5. The first-order valence-electron chi connectivity index (χ1n) is 13.0. The molecule has 2 amide bonds. The van der Waals surface area contributed by atoms with Gasteiger partial charge >= 0.3 is 0 Å². The molecule has 0 aliphatic carbocycles. The van der Waals surface area contributed by atoms with E-state index in [1.807, 2.05) is 49.1 Å². The molecular formula is C29H39Cl2N3O2. The van der Waals surface area contributed by atoms with Gasteiger partial charge in [0.25, 0.3) is 0 Å². The van der Waals surface area contributed by atoms with E-state index in [1.165, 1.54) is 0 Å². The van der Waals surface area contributed by atoms with Gasteiger partial charge in [0.05, 0.1) is 21.5 Å². The zero-order valence-electron chi connectivity index (χ0n) is 21.9. The van der Waals surface area contributed by atoms with E-state index in [9.17, 15) is 9.59 Å². The van der Waals surface area contributed by atoms with Gasteiger partial charge in [0.2, 0.25) is 11.8 Å². The number of hydrogen-bond acceptors (Lipinski definition) is 3. The van der Waals surface area contributed by atoms with Crippen LogP contribution in [0.2, 0.25) is 10.0 Å². The normalized spacial score (nSPS) is 17.3. The summed E-state index contributed by atoms with van der Waals surface area (Å²) in [6.07, 6.45) is 3.35. The lowest BCUT2D eigenvalue weighted by Crippen LogP contribution is -2.49. The Morgan fingerprint density at radius 1 is 1.08 bits per heavy atom. The van der Waals surface area contributed by atoms with Crippen LogP contribution < -0.4 is 5.32 Å². The molecule has 0 aromatic heterocycles. The van der Waals surface area contributed by atoms with Crippen molar-refractivity contribution in [2.24, 2.45) is 0 Å². The van der Waals surface area contributed by atoms with Gasteiger partial charge in [-0.2, -0.15) is 0 Å². The molecule has 0 radical (unpaired) electrons. The van der Waals surface area contributed by atoms with Gasteiger partial charge in [0.1, 0.15) is 0 Å². The molecule has 1 unspecified atom stereocenters. The van der Waals surface area contributed by atoms with Crippen LogP contribution in [0.5, 0.6) is 0 Å². The third-order valence-corrected chi connectivity index (χ3v) is 8.38. The molecule has 3 rings (SSSR count). The van der Waals surface area contributed by atoms with Gasteiger partial charge in [0.15, 0.2) is 0 Å². The average Bonchev–Trinajstić information content (AvgIpc) is 2.88. The highest BCUT2D eigenvalue weighted by Crippen LogP contribution is 2.34. The second-order valence-corrected chi connectivity index (χ2v) is 10.7. The SMILES string of the molecule is CC[C@@H](NC(=O)C(C)(CCN1CCC(N(CC)C(C)=O)CC1)c1ccc(Cl)c(Cl)c1)c1ccccc1. The Morgan fingerprint density at radius 3 is 2.31 bits per heavy atom. The van der Waals surface area contributed by atoms with Crippen LogP contribution in [0.1, 0.15) is 70.5 Å². The Morgan fingerprint density at radius 2 is 1.75 bits per heavy atom. The van der Waals surface area contributed by atoms with E-state index in [1.54, 1.807) is 13.0 Å². The number of rotatable bonds is 10. The van der Waals surface area contributed by atoms with Crippen molar-refractivity contribution in [2.45, 2.75) is 70.9 Å². The average molecular weight is 533 g/mol. The lowest BCUT2D eigenvalue weighted by molar-refractivity contribution is -0.132. The number of amides is 2. The highest BCUT2D eigenvalue weighted by molar-refractivity contribution is 6.42. The second-order valence-electron chi connectivity index (χ2n) is 9.93. The third-order valence-electron chi connectivity index (χ3n) is 7.64. The number of benzene rings is 2. The quantitative estimate of drug-likeness (QED) is 0.394. The molecule has 1 heterocycles. The van der Waals surface area contributed by atoms with Crippen LogP contribution in [0.25, 0.3) is 0 Å². The van der Waals surface area contributed by atoms with E-state index >= 15 is 0 Å². The van der Waals surface area contributed by atoms with Crippen LogP contribution in [0.15, 0.2) is 48.5 Å². The number of carbonyl (C=O) groups excluding carboxylic acids is 2. The van der Waals surface area contributed by atoms with E-state index in [2.05, 4.69) is 29.3 Å². The lowest BCUT2D eigenvalue weighted by Gasteiger charge is -2.39. The predicted octanol–water partition coefficient (Wildman–Crippen LogP) is 6.24. The summed E-state index contributed by atoms with van der Waals surface area (Å²) in [5, 5.41) is 4.24. The van der Waals surface area contributed by atoms with Gasteiger partial charge in [-0.25, -0.2) is 0 Å². The molecule has 2 aromatic rings. The smallest absolute Gasteiger partial charge is 0.230 e. The molecule has 7 heteroatoms. The second kappa shape index (κ2) is 12.9. The van der Waals surface area contributed by atoms with Gasteiger partial charge in [0, 0.05) is 32.6 Å².